The number of aromatic nitrogens is 6. The number of carboxylic acid groups (broad SMARTS) is 1. The molecule has 0 unspecified atom stereocenters. The Labute approximate surface area is 205 Å². The average molecular weight is 514 g/mol. The normalized spacial score (nSPS) is 13.2. The number of fused-ring (bicyclic) bond motifs is 4. The Morgan fingerprint density at radius 3 is 2.76 bits per heavy atom. The van der Waals surface area contributed by atoms with Crippen LogP contribution in [0.15, 0.2) is 49.1 Å². The maximum Gasteiger partial charge on any atom is 0.490 e. The van der Waals surface area contributed by atoms with Crippen molar-refractivity contribution in [2.24, 2.45) is 0 Å². The Morgan fingerprint density at radius 2 is 1.97 bits per heavy atom. The number of hydrogen-bond donors (Lipinski definition) is 4. The minimum absolute atomic E-state index is 0.164. The van der Waals surface area contributed by atoms with Crippen LogP contribution in [0, 0.1) is 5.82 Å². The summed E-state index contributed by atoms with van der Waals surface area (Å²) in [6.45, 7) is 1.83. The molecular formula is C23H18F4N8O2. The molecule has 14 heteroatoms. The van der Waals surface area contributed by atoms with E-state index in [-0.39, 0.29) is 5.69 Å². The number of benzene rings is 1. The van der Waals surface area contributed by atoms with Crippen molar-refractivity contribution in [1.29, 1.82) is 0 Å². The lowest BCUT2D eigenvalue weighted by atomic mass is 10.1. The summed E-state index contributed by atoms with van der Waals surface area (Å²) in [6, 6.07) is 7.83. The molecule has 6 rings (SSSR count). The number of anilines is 2. The molecule has 0 spiro atoms. The number of aliphatic carboxylic acids is 1. The summed E-state index contributed by atoms with van der Waals surface area (Å²) in [6.07, 6.45) is 2.05. The van der Waals surface area contributed by atoms with Crippen LogP contribution in [0.4, 0.5) is 29.2 Å². The highest BCUT2D eigenvalue weighted by molar-refractivity contribution is 5.88. The number of halogens is 4. The molecule has 0 atom stereocenters. The zero-order valence-electron chi connectivity index (χ0n) is 18.8. The molecule has 4 N–H and O–H groups in total. The fourth-order valence-electron chi connectivity index (χ4n) is 3.96. The van der Waals surface area contributed by atoms with Gasteiger partial charge < -0.3 is 20.7 Å². The molecular weight excluding hydrogens is 496 g/mol. The topological polar surface area (TPSA) is 133 Å². The average Bonchev–Trinajstić information content (AvgIpc) is 3.46. The summed E-state index contributed by atoms with van der Waals surface area (Å²) in [5.74, 6) is -2.48. The standard InChI is InChI=1S/C21H17FN8.C2HF3O2/c22-15-10-25-20(29-19(15)18-11-26-21-24-5-1-7-30(18)21)27-12-2-3-16-13(8-12)14-9-23-6-4-17(14)28-16;3-2(4,5)1(6)7/h1-3,5,7-8,10-11,23,28H,4,6,9H2,(H,25,27,29);(H,6,7). The first-order chi connectivity index (χ1) is 17.7. The molecule has 10 nitrogen and oxygen atoms in total. The number of nitrogens with zero attached hydrogens (tertiary/aromatic N) is 5. The van der Waals surface area contributed by atoms with Crippen LogP contribution in [-0.4, -0.2) is 53.1 Å². The molecule has 0 saturated heterocycles. The summed E-state index contributed by atoms with van der Waals surface area (Å²) >= 11 is 0. The van der Waals surface area contributed by atoms with Crippen molar-refractivity contribution in [2.75, 3.05) is 11.9 Å². The molecule has 0 bridgehead atoms. The minimum Gasteiger partial charge on any atom is -0.475 e. The van der Waals surface area contributed by atoms with E-state index in [9.17, 15) is 17.6 Å². The lowest BCUT2D eigenvalue weighted by Gasteiger charge is -2.12. The van der Waals surface area contributed by atoms with Crippen LogP contribution < -0.4 is 10.6 Å². The molecule has 1 aliphatic rings. The van der Waals surface area contributed by atoms with E-state index in [1.807, 2.05) is 12.1 Å². The van der Waals surface area contributed by atoms with E-state index in [4.69, 9.17) is 9.90 Å². The Balaban J connectivity index is 0.000000355. The predicted octanol–water partition coefficient (Wildman–Crippen LogP) is 3.83. The number of nitrogens with one attached hydrogen (secondary N) is 3. The highest BCUT2D eigenvalue weighted by Crippen LogP contribution is 2.29. The maximum atomic E-state index is 14.5. The Kier molecular flexibility index (Phi) is 6.17. The molecule has 5 heterocycles. The molecule has 0 radical (unpaired) electrons. The van der Waals surface area contributed by atoms with Gasteiger partial charge in [0.25, 0.3) is 0 Å². The minimum atomic E-state index is -5.08. The van der Waals surface area contributed by atoms with E-state index < -0.39 is 18.0 Å². The third-order valence-electron chi connectivity index (χ3n) is 5.62. The lowest BCUT2D eigenvalue weighted by Crippen LogP contribution is -2.22. The smallest absolute Gasteiger partial charge is 0.475 e. The van der Waals surface area contributed by atoms with Crippen LogP contribution in [0.5, 0.6) is 0 Å². The lowest BCUT2D eigenvalue weighted by molar-refractivity contribution is -0.192. The third kappa shape index (κ3) is 4.91. The van der Waals surface area contributed by atoms with E-state index in [2.05, 4.69) is 41.6 Å². The van der Waals surface area contributed by atoms with E-state index in [1.54, 1.807) is 29.1 Å². The van der Waals surface area contributed by atoms with E-state index in [0.717, 1.165) is 36.1 Å². The van der Waals surface area contributed by atoms with Crippen LogP contribution >= 0.6 is 0 Å². The van der Waals surface area contributed by atoms with Crippen molar-refractivity contribution in [3.8, 4) is 11.4 Å². The third-order valence-corrected chi connectivity index (χ3v) is 5.62. The van der Waals surface area contributed by atoms with E-state index in [0.29, 0.717) is 17.4 Å². The van der Waals surface area contributed by atoms with Crippen LogP contribution in [0.2, 0.25) is 0 Å². The summed E-state index contributed by atoms with van der Waals surface area (Å²) in [5, 5.41) is 14.9. The number of aromatic amines is 1. The monoisotopic (exact) mass is 514 g/mol. The number of carboxylic acids is 1. The molecule has 1 aromatic carbocycles. The first-order valence-electron chi connectivity index (χ1n) is 10.9. The molecule has 0 saturated carbocycles. The Hall–Kier alpha value is -4.59. The summed E-state index contributed by atoms with van der Waals surface area (Å²) in [7, 11) is 0. The second kappa shape index (κ2) is 9.46. The SMILES string of the molecule is Fc1cnc(Nc2ccc3[nH]c4c(c3c2)CNCC4)nc1-c1cnc2ncccn12.O=C(O)C(F)(F)F. The van der Waals surface area contributed by atoms with Crippen molar-refractivity contribution >= 4 is 34.3 Å². The predicted molar refractivity (Wildman–Crippen MR) is 125 cm³/mol. The highest BCUT2D eigenvalue weighted by Gasteiger charge is 2.38. The molecule has 0 aliphatic carbocycles. The number of carbonyl (C=O) groups is 1. The summed E-state index contributed by atoms with van der Waals surface area (Å²) in [4.78, 5) is 29.3. The quantitative estimate of drug-likeness (QED) is 0.267. The Morgan fingerprint density at radius 1 is 1.16 bits per heavy atom. The second-order valence-electron chi connectivity index (χ2n) is 8.02. The van der Waals surface area contributed by atoms with Crippen molar-refractivity contribution in [2.45, 2.75) is 19.1 Å². The van der Waals surface area contributed by atoms with Gasteiger partial charge in [-0.15, -0.1) is 0 Å². The molecule has 37 heavy (non-hydrogen) atoms. The van der Waals surface area contributed by atoms with Gasteiger partial charge in [0.2, 0.25) is 11.7 Å². The summed E-state index contributed by atoms with van der Waals surface area (Å²) < 4.78 is 48.0. The number of H-pyrrole nitrogens is 1. The highest BCUT2D eigenvalue weighted by atomic mass is 19.4. The van der Waals surface area contributed by atoms with E-state index >= 15 is 0 Å². The van der Waals surface area contributed by atoms with Gasteiger partial charge in [-0.05, 0) is 29.8 Å². The van der Waals surface area contributed by atoms with Gasteiger partial charge in [-0.2, -0.15) is 13.2 Å². The molecule has 4 aromatic heterocycles. The van der Waals surface area contributed by atoms with Gasteiger partial charge in [0.05, 0.1) is 18.1 Å². The van der Waals surface area contributed by atoms with Crippen molar-refractivity contribution in [1.82, 2.24) is 34.6 Å². The van der Waals surface area contributed by atoms with Gasteiger partial charge in [0.1, 0.15) is 5.69 Å². The van der Waals surface area contributed by atoms with Crippen molar-refractivity contribution in [3.05, 3.63) is 66.1 Å². The largest absolute Gasteiger partial charge is 0.490 e. The van der Waals surface area contributed by atoms with Crippen LogP contribution in [0.3, 0.4) is 0 Å². The molecule has 1 aliphatic heterocycles. The fourth-order valence-corrected chi connectivity index (χ4v) is 3.96. The number of alkyl halides is 3. The first kappa shape index (κ1) is 24.1. The zero-order valence-corrected chi connectivity index (χ0v) is 18.8. The van der Waals surface area contributed by atoms with Gasteiger partial charge in [-0.3, -0.25) is 4.40 Å². The molecule has 0 amide bonds. The second-order valence-corrected chi connectivity index (χ2v) is 8.02. The van der Waals surface area contributed by atoms with Gasteiger partial charge >= 0.3 is 12.1 Å². The van der Waals surface area contributed by atoms with Crippen LogP contribution in [0.1, 0.15) is 11.3 Å². The molecule has 0 fully saturated rings. The number of hydrogen-bond acceptors (Lipinski definition) is 7. The fraction of sp³-hybridized carbons (Fsp3) is 0.174. The molecule has 190 valence electrons. The Bertz CT molecular complexity index is 1610. The maximum absolute atomic E-state index is 14.5. The van der Waals surface area contributed by atoms with Gasteiger partial charge in [-0.25, -0.2) is 29.1 Å². The van der Waals surface area contributed by atoms with Crippen LogP contribution in [-0.2, 0) is 17.8 Å². The van der Waals surface area contributed by atoms with Gasteiger partial charge in [0.15, 0.2) is 5.82 Å². The van der Waals surface area contributed by atoms with Crippen LogP contribution in [0.25, 0.3) is 28.1 Å². The number of imidazole rings is 1. The summed E-state index contributed by atoms with van der Waals surface area (Å²) in [5.41, 5.74) is 5.20. The van der Waals surface area contributed by atoms with Gasteiger partial charge in [0, 0.05) is 54.2 Å². The van der Waals surface area contributed by atoms with Crippen molar-refractivity contribution in [3.63, 3.8) is 0 Å². The van der Waals surface area contributed by atoms with Crippen molar-refractivity contribution < 1.29 is 27.5 Å². The van der Waals surface area contributed by atoms with E-state index in [1.165, 1.54) is 17.5 Å². The zero-order chi connectivity index (χ0) is 26.2. The first-order valence-corrected chi connectivity index (χ1v) is 10.9. The number of rotatable bonds is 3. The molecule has 5 aromatic rings. The van der Waals surface area contributed by atoms with Gasteiger partial charge in [-0.1, -0.05) is 0 Å².